The highest BCUT2D eigenvalue weighted by atomic mass is 35.5. The van der Waals surface area contributed by atoms with E-state index in [1.807, 2.05) is 16.9 Å². The van der Waals surface area contributed by atoms with E-state index in [1.54, 1.807) is 0 Å². The van der Waals surface area contributed by atoms with Gasteiger partial charge in [0.1, 0.15) is 0 Å². The van der Waals surface area contributed by atoms with Gasteiger partial charge in [0.15, 0.2) is 0 Å². The zero-order valence-electron chi connectivity index (χ0n) is 17.3. The lowest BCUT2D eigenvalue weighted by Crippen LogP contribution is -2.34. The second-order valence-corrected chi connectivity index (χ2v) is 8.82. The number of hydrogen-bond donors (Lipinski definition) is 1. The second kappa shape index (κ2) is 8.29. The summed E-state index contributed by atoms with van der Waals surface area (Å²) in [5.74, 6) is 0.609. The van der Waals surface area contributed by atoms with E-state index in [1.165, 1.54) is 40.4 Å². The number of para-hydroxylation sites is 1. The first kappa shape index (κ1) is 19.4. The monoisotopic (exact) mass is 418 g/mol. The van der Waals surface area contributed by atoms with Crippen molar-refractivity contribution in [1.82, 2.24) is 19.7 Å². The summed E-state index contributed by atoms with van der Waals surface area (Å²) in [6.45, 7) is 5.50. The Hall–Kier alpha value is -2.56. The number of benzene rings is 2. The quantitative estimate of drug-likeness (QED) is 0.448. The van der Waals surface area contributed by atoms with Crippen LogP contribution in [-0.2, 0) is 6.42 Å². The highest BCUT2D eigenvalue weighted by Gasteiger charge is 2.22. The molecule has 0 unspecified atom stereocenters. The van der Waals surface area contributed by atoms with Crippen molar-refractivity contribution in [2.24, 2.45) is 0 Å². The van der Waals surface area contributed by atoms with Crippen molar-refractivity contribution in [2.45, 2.75) is 32.1 Å². The lowest BCUT2D eigenvalue weighted by atomic mass is 9.89. The third-order valence-electron chi connectivity index (χ3n) is 6.42. The Bertz CT molecular complexity index is 1150. The van der Waals surface area contributed by atoms with Crippen LogP contribution < -0.4 is 0 Å². The number of aromatic amines is 1. The van der Waals surface area contributed by atoms with Crippen molar-refractivity contribution in [2.75, 3.05) is 19.6 Å². The first-order chi connectivity index (χ1) is 14.7. The molecule has 0 aliphatic carbocycles. The number of aromatic nitrogens is 3. The van der Waals surface area contributed by atoms with Gasteiger partial charge >= 0.3 is 0 Å². The van der Waals surface area contributed by atoms with Gasteiger partial charge < -0.3 is 9.88 Å². The van der Waals surface area contributed by atoms with E-state index >= 15 is 0 Å². The highest BCUT2D eigenvalue weighted by molar-refractivity contribution is 6.31. The summed E-state index contributed by atoms with van der Waals surface area (Å²) in [6.07, 6.45) is 9.80. The summed E-state index contributed by atoms with van der Waals surface area (Å²) in [5.41, 5.74) is 6.30. The average molecular weight is 419 g/mol. The summed E-state index contributed by atoms with van der Waals surface area (Å²) in [6, 6.07) is 14.5. The SMILES string of the molecule is Cc1ccccc1-n1cc(CCN2CCC(c3c[nH]c4ccc(Cl)cc34)CC2)cn1. The molecule has 1 saturated heterocycles. The minimum atomic E-state index is 0.609. The molecule has 30 heavy (non-hydrogen) atoms. The minimum absolute atomic E-state index is 0.609. The largest absolute Gasteiger partial charge is 0.361 e. The molecule has 1 fully saturated rings. The van der Waals surface area contributed by atoms with Crippen LogP contribution in [0.5, 0.6) is 0 Å². The zero-order valence-corrected chi connectivity index (χ0v) is 18.1. The number of nitrogens with zero attached hydrogens (tertiary/aromatic N) is 3. The van der Waals surface area contributed by atoms with Gasteiger partial charge in [-0.25, -0.2) is 4.68 Å². The molecule has 154 valence electrons. The maximum Gasteiger partial charge on any atom is 0.0674 e. The molecule has 4 aromatic rings. The van der Waals surface area contributed by atoms with Crippen LogP contribution in [0, 0.1) is 6.92 Å². The normalized spacial score (nSPS) is 15.8. The molecule has 5 rings (SSSR count). The van der Waals surface area contributed by atoms with Crippen molar-refractivity contribution in [1.29, 1.82) is 0 Å². The van der Waals surface area contributed by atoms with Gasteiger partial charge in [-0.1, -0.05) is 29.8 Å². The van der Waals surface area contributed by atoms with Crippen molar-refractivity contribution in [3.63, 3.8) is 0 Å². The molecule has 0 bridgehead atoms. The zero-order chi connectivity index (χ0) is 20.5. The summed E-state index contributed by atoms with van der Waals surface area (Å²) >= 11 is 6.23. The number of H-pyrrole nitrogens is 1. The minimum Gasteiger partial charge on any atom is -0.361 e. The number of rotatable bonds is 5. The van der Waals surface area contributed by atoms with E-state index in [-0.39, 0.29) is 0 Å². The van der Waals surface area contributed by atoms with Crippen LogP contribution in [0.15, 0.2) is 61.1 Å². The van der Waals surface area contributed by atoms with Gasteiger partial charge in [-0.05, 0) is 86.1 Å². The number of hydrogen-bond acceptors (Lipinski definition) is 2. The fourth-order valence-corrected chi connectivity index (χ4v) is 4.82. The topological polar surface area (TPSA) is 36.9 Å². The molecule has 2 aromatic heterocycles. The molecule has 0 saturated carbocycles. The Morgan fingerprint density at radius 2 is 1.97 bits per heavy atom. The van der Waals surface area contributed by atoms with Crippen LogP contribution in [0.1, 0.15) is 35.4 Å². The average Bonchev–Trinajstić information content (AvgIpc) is 3.40. The molecule has 4 nitrogen and oxygen atoms in total. The lowest BCUT2D eigenvalue weighted by Gasteiger charge is -2.31. The van der Waals surface area contributed by atoms with Crippen molar-refractivity contribution < 1.29 is 0 Å². The van der Waals surface area contributed by atoms with Gasteiger partial charge in [0.25, 0.3) is 0 Å². The van der Waals surface area contributed by atoms with Gasteiger partial charge in [-0.3, -0.25) is 0 Å². The first-order valence-corrected chi connectivity index (χ1v) is 11.1. The summed E-state index contributed by atoms with van der Waals surface area (Å²) < 4.78 is 2.00. The van der Waals surface area contributed by atoms with E-state index < -0.39 is 0 Å². The number of nitrogens with one attached hydrogen (secondary N) is 1. The number of fused-ring (bicyclic) bond motifs is 1. The number of aryl methyl sites for hydroxylation is 1. The van der Waals surface area contributed by atoms with Gasteiger partial charge in [-0.2, -0.15) is 5.10 Å². The van der Waals surface area contributed by atoms with Crippen LogP contribution in [0.4, 0.5) is 0 Å². The van der Waals surface area contributed by atoms with Gasteiger partial charge in [0, 0.05) is 34.9 Å². The Kier molecular flexibility index (Phi) is 5.36. The molecule has 0 spiro atoms. The van der Waals surface area contributed by atoms with Gasteiger partial charge in [0.05, 0.1) is 11.9 Å². The molecular formula is C25H27ClN4. The molecule has 1 aliphatic rings. The Morgan fingerprint density at radius 3 is 2.80 bits per heavy atom. The number of halogens is 1. The molecule has 0 amide bonds. The molecule has 0 radical (unpaired) electrons. The van der Waals surface area contributed by atoms with E-state index in [4.69, 9.17) is 11.6 Å². The Morgan fingerprint density at radius 1 is 1.13 bits per heavy atom. The third kappa shape index (κ3) is 3.90. The van der Waals surface area contributed by atoms with E-state index in [9.17, 15) is 0 Å². The van der Waals surface area contributed by atoms with Crippen molar-refractivity contribution >= 4 is 22.5 Å². The summed E-state index contributed by atoms with van der Waals surface area (Å²) in [5, 5.41) is 6.67. The fourth-order valence-electron chi connectivity index (χ4n) is 4.65. The lowest BCUT2D eigenvalue weighted by molar-refractivity contribution is 0.215. The van der Waals surface area contributed by atoms with Crippen LogP contribution in [0.25, 0.3) is 16.6 Å². The van der Waals surface area contributed by atoms with Crippen LogP contribution >= 0.6 is 11.6 Å². The van der Waals surface area contributed by atoms with E-state index in [0.29, 0.717) is 5.92 Å². The van der Waals surface area contributed by atoms with Crippen molar-refractivity contribution in [3.05, 3.63) is 82.8 Å². The highest BCUT2D eigenvalue weighted by Crippen LogP contribution is 2.34. The molecule has 3 heterocycles. The number of likely N-dealkylation sites (tertiary alicyclic amines) is 1. The molecule has 1 aliphatic heterocycles. The van der Waals surface area contributed by atoms with Crippen molar-refractivity contribution in [3.8, 4) is 5.69 Å². The predicted molar refractivity (Wildman–Crippen MR) is 124 cm³/mol. The third-order valence-corrected chi connectivity index (χ3v) is 6.65. The fraction of sp³-hybridized carbons (Fsp3) is 0.320. The van der Waals surface area contributed by atoms with E-state index in [0.717, 1.165) is 36.8 Å². The standard InChI is InChI=1S/C25H27ClN4/c1-18-4-2-3-5-25(18)30-17-19(15-28-30)8-11-29-12-9-20(10-13-29)23-16-27-24-7-6-21(26)14-22(23)24/h2-7,14-17,20,27H,8-13H2,1H3. The molecule has 2 aromatic carbocycles. The first-order valence-electron chi connectivity index (χ1n) is 10.8. The van der Waals surface area contributed by atoms with E-state index in [2.05, 4.69) is 70.7 Å². The molecular weight excluding hydrogens is 392 g/mol. The second-order valence-electron chi connectivity index (χ2n) is 8.38. The maximum atomic E-state index is 6.23. The van der Waals surface area contributed by atoms with Crippen LogP contribution in [0.3, 0.4) is 0 Å². The predicted octanol–water partition coefficient (Wildman–Crippen LogP) is 5.74. The van der Waals surface area contributed by atoms with Crippen LogP contribution in [0.2, 0.25) is 5.02 Å². The molecule has 5 heteroatoms. The summed E-state index contributed by atoms with van der Waals surface area (Å²) in [7, 11) is 0. The Labute approximate surface area is 182 Å². The summed E-state index contributed by atoms with van der Waals surface area (Å²) in [4.78, 5) is 6.00. The smallest absolute Gasteiger partial charge is 0.0674 e. The molecule has 0 atom stereocenters. The molecule has 1 N–H and O–H groups in total. The van der Waals surface area contributed by atoms with Gasteiger partial charge in [-0.15, -0.1) is 0 Å². The maximum absolute atomic E-state index is 6.23. The number of piperidine rings is 1. The Balaban J connectivity index is 1.18. The van der Waals surface area contributed by atoms with Crippen LogP contribution in [-0.4, -0.2) is 39.3 Å². The van der Waals surface area contributed by atoms with Gasteiger partial charge in [0.2, 0.25) is 0 Å².